The monoisotopic (exact) mass is 242 g/mol. The summed E-state index contributed by atoms with van der Waals surface area (Å²) in [5, 5.41) is 0.150. The Morgan fingerprint density at radius 3 is 2.58 bits per heavy atom. The highest BCUT2D eigenvalue weighted by atomic mass is 35.5. The smallest absolute Gasteiger partial charge is 0.262 e. The van der Waals surface area contributed by atoms with Crippen molar-refractivity contribution in [2.24, 2.45) is 0 Å². The molecule has 0 aromatic carbocycles. The summed E-state index contributed by atoms with van der Waals surface area (Å²) in [4.78, 5) is 10.9. The van der Waals surface area contributed by atoms with Crippen LogP contribution in [-0.4, -0.2) is 9.96 Å². The van der Waals surface area contributed by atoms with Gasteiger partial charge < -0.3 is 0 Å². The fourth-order valence-corrected chi connectivity index (χ4v) is 5.38. The normalized spacial score (nSPS) is 13.2. The zero-order chi connectivity index (χ0) is 9.14. The van der Waals surface area contributed by atoms with Crippen molar-refractivity contribution in [3.8, 4) is 0 Å². The van der Waals surface area contributed by atoms with Crippen molar-refractivity contribution in [2.45, 2.75) is 17.6 Å². The standard InChI is InChI=1S/C6H7ClO2S3/c1-2-3-12(9)6-4(7)5(8)10-11-6/h2-3H2,1H3. The predicted molar refractivity (Wildman–Crippen MR) is 55.0 cm³/mol. The lowest BCUT2D eigenvalue weighted by molar-refractivity contribution is 0.683. The molecule has 0 N–H and O–H groups in total. The van der Waals surface area contributed by atoms with Gasteiger partial charge in [-0.3, -0.25) is 9.00 Å². The fraction of sp³-hybridized carbons (Fsp3) is 0.500. The topological polar surface area (TPSA) is 34.1 Å². The molecule has 6 heteroatoms. The number of hydrogen-bond donors (Lipinski definition) is 0. The summed E-state index contributed by atoms with van der Waals surface area (Å²) < 4.78 is 11.7. The van der Waals surface area contributed by atoms with E-state index in [0.717, 1.165) is 16.8 Å². The van der Waals surface area contributed by atoms with Gasteiger partial charge >= 0.3 is 0 Å². The molecule has 0 saturated heterocycles. The van der Waals surface area contributed by atoms with E-state index in [1.807, 2.05) is 6.92 Å². The summed E-state index contributed by atoms with van der Waals surface area (Å²) in [7, 11) is 1.19. The molecule has 0 spiro atoms. The van der Waals surface area contributed by atoms with Crippen LogP contribution in [0.2, 0.25) is 5.02 Å². The molecule has 1 atom stereocenters. The third-order valence-corrected chi connectivity index (χ3v) is 6.36. The Morgan fingerprint density at radius 1 is 1.50 bits per heavy atom. The van der Waals surface area contributed by atoms with Crippen LogP contribution in [0.3, 0.4) is 0 Å². The molecule has 1 rings (SSSR count). The summed E-state index contributed by atoms with van der Waals surface area (Å²) in [6.07, 6.45) is 0.833. The van der Waals surface area contributed by atoms with Crippen molar-refractivity contribution < 1.29 is 4.21 Å². The molecule has 2 nitrogen and oxygen atoms in total. The Kier molecular flexibility index (Phi) is 3.89. The first-order valence-corrected chi connectivity index (χ1v) is 7.18. The third kappa shape index (κ3) is 2.16. The predicted octanol–water partition coefficient (Wildman–Crippen LogP) is 2.34. The van der Waals surface area contributed by atoms with Crippen molar-refractivity contribution in [3.63, 3.8) is 0 Å². The van der Waals surface area contributed by atoms with Crippen LogP contribution < -0.4 is 4.74 Å². The SMILES string of the molecule is CCCS(=O)c1ssc(=O)c1Cl. The lowest BCUT2D eigenvalue weighted by Crippen LogP contribution is -1.97. The molecule has 1 heterocycles. The number of rotatable bonds is 3. The second-order valence-corrected chi connectivity index (χ2v) is 6.36. The molecule has 1 aromatic rings. The highest BCUT2D eigenvalue weighted by molar-refractivity contribution is 7.90. The summed E-state index contributed by atoms with van der Waals surface area (Å²) >= 11 is 5.65. The van der Waals surface area contributed by atoms with Crippen LogP contribution in [0.5, 0.6) is 0 Å². The van der Waals surface area contributed by atoms with Gasteiger partial charge in [0, 0.05) is 5.75 Å². The Labute approximate surface area is 85.0 Å². The third-order valence-electron chi connectivity index (χ3n) is 1.15. The molecule has 0 aliphatic carbocycles. The van der Waals surface area contributed by atoms with Crippen LogP contribution in [-0.2, 0) is 10.8 Å². The summed E-state index contributed by atoms with van der Waals surface area (Å²) in [5.41, 5.74) is 0. The molecule has 0 amide bonds. The molecule has 1 unspecified atom stereocenters. The van der Waals surface area contributed by atoms with E-state index < -0.39 is 10.8 Å². The van der Waals surface area contributed by atoms with E-state index in [4.69, 9.17) is 11.6 Å². The van der Waals surface area contributed by atoms with E-state index in [0.29, 0.717) is 9.96 Å². The molecule has 0 bridgehead atoms. The van der Waals surface area contributed by atoms with Crippen LogP contribution >= 0.6 is 32.3 Å². The highest BCUT2D eigenvalue weighted by Gasteiger charge is 2.13. The van der Waals surface area contributed by atoms with Crippen molar-refractivity contribution in [1.82, 2.24) is 0 Å². The Bertz CT molecular complexity index is 341. The van der Waals surface area contributed by atoms with Crippen molar-refractivity contribution in [3.05, 3.63) is 14.6 Å². The first-order chi connectivity index (χ1) is 5.66. The Morgan fingerprint density at radius 2 is 2.17 bits per heavy atom. The Hall–Kier alpha value is 0.290. The molecule has 0 fully saturated rings. The van der Waals surface area contributed by atoms with Gasteiger partial charge in [-0.25, -0.2) is 0 Å². The molecule has 1 aromatic heterocycles. The second-order valence-electron chi connectivity index (χ2n) is 2.11. The maximum absolute atomic E-state index is 11.4. The zero-order valence-electron chi connectivity index (χ0n) is 6.33. The minimum Gasteiger partial charge on any atom is -0.275 e. The van der Waals surface area contributed by atoms with Gasteiger partial charge in [0.25, 0.3) is 4.74 Å². The maximum Gasteiger partial charge on any atom is 0.262 e. The maximum atomic E-state index is 11.4. The van der Waals surface area contributed by atoms with Gasteiger partial charge in [0.15, 0.2) is 0 Å². The van der Waals surface area contributed by atoms with Crippen molar-refractivity contribution in [2.75, 3.05) is 5.75 Å². The minimum absolute atomic E-state index is 0.150. The average Bonchev–Trinajstić information content (AvgIpc) is 2.34. The molecule has 68 valence electrons. The molecule has 0 radical (unpaired) electrons. The van der Waals surface area contributed by atoms with E-state index in [-0.39, 0.29) is 9.77 Å². The summed E-state index contributed by atoms with van der Waals surface area (Å²) in [6, 6.07) is 0. The Balaban J connectivity index is 2.96. The number of halogens is 1. The first-order valence-electron chi connectivity index (χ1n) is 3.33. The van der Waals surface area contributed by atoms with Crippen LogP contribution in [0.4, 0.5) is 0 Å². The largest absolute Gasteiger partial charge is 0.275 e. The first kappa shape index (κ1) is 10.4. The molecular weight excluding hydrogens is 236 g/mol. The lowest BCUT2D eigenvalue weighted by atomic mass is 10.6. The number of hydrogen-bond acceptors (Lipinski definition) is 4. The quantitative estimate of drug-likeness (QED) is 0.763. The van der Waals surface area contributed by atoms with E-state index in [2.05, 4.69) is 0 Å². The lowest BCUT2D eigenvalue weighted by Gasteiger charge is -1.93. The van der Waals surface area contributed by atoms with Gasteiger partial charge in [-0.2, -0.15) is 0 Å². The van der Waals surface area contributed by atoms with E-state index >= 15 is 0 Å². The van der Waals surface area contributed by atoms with Crippen LogP contribution in [0.1, 0.15) is 13.3 Å². The molecule has 0 saturated carbocycles. The van der Waals surface area contributed by atoms with Gasteiger partial charge in [0.05, 0.1) is 10.8 Å². The van der Waals surface area contributed by atoms with E-state index in [9.17, 15) is 9.00 Å². The zero-order valence-corrected chi connectivity index (χ0v) is 9.54. The van der Waals surface area contributed by atoms with E-state index in [1.54, 1.807) is 0 Å². The second kappa shape index (κ2) is 4.50. The van der Waals surface area contributed by atoms with Crippen LogP contribution in [0.15, 0.2) is 9.00 Å². The van der Waals surface area contributed by atoms with Gasteiger partial charge in [-0.1, -0.05) is 28.9 Å². The molecule has 0 aliphatic heterocycles. The van der Waals surface area contributed by atoms with Gasteiger partial charge in [0.1, 0.15) is 9.23 Å². The molecule has 0 aliphatic rings. The van der Waals surface area contributed by atoms with Crippen molar-refractivity contribution in [1.29, 1.82) is 0 Å². The molecular formula is C6H7ClO2S3. The van der Waals surface area contributed by atoms with Gasteiger partial charge in [-0.15, -0.1) is 0 Å². The highest BCUT2D eigenvalue weighted by Crippen LogP contribution is 2.25. The van der Waals surface area contributed by atoms with Crippen LogP contribution in [0, 0.1) is 0 Å². The van der Waals surface area contributed by atoms with E-state index in [1.165, 1.54) is 10.3 Å². The minimum atomic E-state index is -1.08. The average molecular weight is 243 g/mol. The van der Waals surface area contributed by atoms with Crippen molar-refractivity contribution >= 4 is 43.1 Å². The summed E-state index contributed by atoms with van der Waals surface area (Å²) in [5.74, 6) is 0.576. The van der Waals surface area contributed by atoms with Gasteiger partial charge in [0.2, 0.25) is 0 Å². The summed E-state index contributed by atoms with van der Waals surface area (Å²) in [6.45, 7) is 1.95. The molecule has 12 heavy (non-hydrogen) atoms. The van der Waals surface area contributed by atoms with Gasteiger partial charge in [-0.05, 0) is 16.8 Å². The fourth-order valence-electron chi connectivity index (χ4n) is 0.648. The van der Waals surface area contributed by atoms with Crippen LogP contribution in [0.25, 0.3) is 0 Å².